The average molecular weight is 260 g/mol. The van der Waals surface area contributed by atoms with E-state index in [4.69, 9.17) is 14.9 Å². The van der Waals surface area contributed by atoms with Crippen LogP contribution in [0.2, 0.25) is 0 Å². The van der Waals surface area contributed by atoms with Crippen LogP contribution in [0.4, 0.5) is 4.79 Å². The Morgan fingerprint density at radius 3 is 2.78 bits per heavy atom. The zero-order valence-corrected chi connectivity index (χ0v) is 10.4. The molecule has 0 radical (unpaired) electrons. The number of aliphatic hydroxyl groups excluding tert-OH is 1. The number of rotatable bonds is 6. The van der Waals surface area contributed by atoms with E-state index in [0.717, 1.165) is 19.3 Å². The van der Waals surface area contributed by atoms with E-state index in [1.165, 1.54) is 0 Å². The Bertz CT molecular complexity index is 297. The minimum Gasteiger partial charge on any atom is -0.479 e. The van der Waals surface area contributed by atoms with Crippen LogP contribution in [0.1, 0.15) is 25.7 Å². The second kappa shape index (κ2) is 7.17. The number of carbonyl (C=O) groups excluding carboxylic acids is 1. The summed E-state index contributed by atoms with van der Waals surface area (Å²) in [6.45, 7) is 0.115. The maximum absolute atomic E-state index is 11.5. The van der Waals surface area contributed by atoms with E-state index in [9.17, 15) is 9.59 Å². The van der Waals surface area contributed by atoms with Crippen LogP contribution >= 0.6 is 0 Å². The highest BCUT2D eigenvalue weighted by Crippen LogP contribution is 2.21. The van der Waals surface area contributed by atoms with Crippen molar-refractivity contribution in [1.82, 2.24) is 10.6 Å². The first-order valence-corrected chi connectivity index (χ1v) is 6.02. The maximum Gasteiger partial charge on any atom is 0.332 e. The van der Waals surface area contributed by atoms with Gasteiger partial charge in [-0.05, 0) is 19.3 Å². The summed E-state index contributed by atoms with van der Waals surface area (Å²) in [5.41, 5.74) is 0. The number of ether oxygens (including phenoxy) is 1. The molecule has 0 aromatic rings. The Hall–Kier alpha value is -1.34. The van der Waals surface area contributed by atoms with Gasteiger partial charge in [0.05, 0.1) is 12.1 Å². The highest BCUT2D eigenvalue weighted by molar-refractivity contribution is 5.74. The van der Waals surface area contributed by atoms with Crippen molar-refractivity contribution in [2.45, 2.75) is 43.9 Å². The Morgan fingerprint density at radius 2 is 2.17 bits per heavy atom. The summed E-state index contributed by atoms with van der Waals surface area (Å²) in [5, 5.41) is 22.8. The zero-order valence-electron chi connectivity index (χ0n) is 10.4. The van der Waals surface area contributed by atoms with E-state index in [1.807, 2.05) is 0 Å². The predicted molar refractivity (Wildman–Crippen MR) is 63.2 cm³/mol. The number of urea groups is 1. The lowest BCUT2D eigenvalue weighted by molar-refractivity contribution is -0.146. The molecule has 0 aromatic heterocycles. The van der Waals surface area contributed by atoms with E-state index >= 15 is 0 Å². The van der Waals surface area contributed by atoms with E-state index in [1.54, 1.807) is 7.11 Å². The van der Waals surface area contributed by atoms with Crippen LogP contribution in [-0.4, -0.2) is 54.1 Å². The molecule has 1 aliphatic carbocycles. The molecule has 0 aromatic carbocycles. The Morgan fingerprint density at radius 1 is 1.44 bits per heavy atom. The molecule has 3 unspecified atom stereocenters. The molecule has 3 atom stereocenters. The van der Waals surface area contributed by atoms with Gasteiger partial charge in [0, 0.05) is 20.1 Å². The fraction of sp³-hybridized carbons (Fsp3) is 0.818. The van der Waals surface area contributed by atoms with E-state index in [2.05, 4.69) is 10.6 Å². The van der Waals surface area contributed by atoms with Gasteiger partial charge in [-0.1, -0.05) is 0 Å². The van der Waals surface area contributed by atoms with Gasteiger partial charge in [0.1, 0.15) is 0 Å². The third-order valence-electron chi connectivity index (χ3n) is 3.06. The molecule has 7 nitrogen and oxygen atoms in total. The van der Waals surface area contributed by atoms with Crippen molar-refractivity contribution in [3.05, 3.63) is 0 Å². The van der Waals surface area contributed by atoms with Crippen molar-refractivity contribution in [3.63, 3.8) is 0 Å². The molecule has 1 fully saturated rings. The normalized spacial score (nSPS) is 24.6. The van der Waals surface area contributed by atoms with Crippen LogP contribution in [0.25, 0.3) is 0 Å². The van der Waals surface area contributed by atoms with Gasteiger partial charge in [-0.3, -0.25) is 0 Å². The lowest BCUT2D eigenvalue weighted by atomic mass is 10.2. The second-order valence-corrected chi connectivity index (χ2v) is 4.35. The number of methoxy groups -OCH3 is 1. The van der Waals surface area contributed by atoms with Crippen LogP contribution < -0.4 is 10.6 Å². The van der Waals surface area contributed by atoms with Gasteiger partial charge < -0.3 is 25.6 Å². The van der Waals surface area contributed by atoms with Crippen molar-refractivity contribution in [2.24, 2.45) is 0 Å². The van der Waals surface area contributed by atoms with Crippen molar-refractivity contribution in [3.8, 4) is 0 Å². The molecule has 1 aliphatic rings. The summed E-state index contributed by atoms with van der Waals surface area (Å²) in [6, 6.07) is -0.360. The summed E-state index contributed by atoms with van der Waals surface area (Å²) in [5.74, 6) is -1.28. The van der Waals surface area contributed by atoms with Gasteiger partial charge >= 0.3 is 12.0 Å². The van der Waals surface area contributed by atoms with Crippen LogP contribution in [0.3, 0.4) is 0 Å². The molecular weight excluding hydrogens is 240 g/mol. The molecule has 18 heavy (non-hydrogen) atoms. The summed E-state index contributed by atoms with van der Waals surface area (Å²) in [6.07, 6.45) is 1.41. The summed E-state index contributed by atoms with van der Waals surface area (Å²) in [4.78, 5) is 21.8. The molecule has 0 saturated heterocycles. The Balaban J connectivity index is 2.19. The van der Waals surface area contributed by atoms with Gasteiger partial charge in [-0.15, -0.1) is 0 Å². The number of aliphatic hydroxyl groups is 1. The monoisotopic (exact) mass is 260 g/mol. The molecule has 0 aliphatic heterocycles. The van der Waals surface area contributed by atoms with Crippen molar-refractivity contribution in [1.29, 1.82) is 0 Å². The summed E-state index contributed by atoms with van der Waals surface area (Å²) in [7, 11) is 1.62. The van der Waals surface area contributed by atoms with Gasteiger partial charge in [-0.25, -0.2) is 9.59 Å². The number of hydrogen-bond donors (Lipinski definition) is 4. The minimum atomic E-state index is -1.44. The van der Waals surface area contributed by atoms with E-state index < -0.39 is 12.1 Å². The van der Waals surface area contributed by atoms with Crippen molar-refractivity contribution in [2.75, 3.05) is 13.7 Å². The first-order valence-electron chi connectivity index (χ1n) is 6.02. The highest BCUT2D eigenvalue weighted by Gasteiger charge is 2.28. The molecule has 4 N–H and O–H groups in total. The smallest absolute Gasteiger partial charge is 0.332 e. The van der Waals surface area contributed by atoms with E-state index in [0.29, 0.717) is 0 Å². The molecule has 2 amide bonds. The summed E-state index contributed by atoms with van der Waals surface area (Å²) < 4.78 is 5.24. The largest absolute Gasteiger partial charge is 0.479 e. The van der Waals surface area contributed by atoms with Gasteiger partial charge in [0.2, 0.25) is 0 Å². The minimum absolute atomic E-state index is 0.000558. The lowest BCUT2D eigenvalue weighted by Gasteiger charge is -2.19. The molecule has 7 heteroatoms. The third-order valence-corrected chi connectivity index (χ3v) is 3.06. The number of aliphatic carboxylic acids is 1. The molecular formula is C11H20N2O5. The average Bonchev–Trinajstić information content (AvgIpc) is 2.75. The molecule has 1 saturated carbocycles. The van der Waals surface area contributed by atoms with Crippen LogP contribution in [0.15, 0.2) is 0 Å². The van der Waals surface area contributed by atoms with Crippen LogP contribution in [0.5, 0.6) is 0 Å². The Labute approximate surface area is 106 Å². The molecule has 0 bridgehead atoms. The highest BCUT2D eigenvalue weighted by atomic mass is 16.5. The number of hydrogen-bond acceptors (Lipinski definition) is 4. The van der Waals surface area contributed by atoms with Gasteiger partial charge in [0.25, 0.3) is 0 Å². The van der Waals surface area contributed by atoms with Gasteiger partial charge in [-0.2, -0.15) is 0 Å². The summed E-state index contributed by atoms with van der Waals surface area (Å²) >= 11 is 0. The maximum atomic E-state index is 11.5. The van der Waals surface area contributed by atoms with Gasteiger partial charge in [0.15, 0.2) is 6.10 Å². The fourth-order valence-corrected chi connectivity index (χ4v) is 2.04. The third kappa shape index (κ3) is 4.50. The fourth-order valence-electron chi connectivity index (χ4n) is 2.04. The van der Waals surface area contributed by atoms with Crippen LogP contribution in [0, 0.1) is 0 Å². The molecule has 104 valence electrons. The first kappa shape index (κ1) is 14.7. The number of carboxylic acid groups (broad SMARTS) is 1. The molecule has 0 heterocycles. The molecule has 1 rings (SSSR count). The Kier molecular flexibility index (Phi) is 5.87. The van der Waals surface area contributed by atoms with Crippen molar-refractivity contribution < 1.29 is 24.5 Å². The second-order valence-electron chi connectivity index (χ2n) is 4.35. The van der Waals surface area contributed by atoms with E-state index in [-0.39, 0.29) is 31.1 Å². The zero-order chi connectivity index (χ0) is 13.5. The standard InChI is InChI=1S/C11H20N2O5/c1-18-9-4-2-3-7(9)13-11(17)12-6-5-8(14)10(15)16/h7-9,14H,2-6H2,1H3,(H,15,16)(H2,12,13,17). The SMILES string of the molecule is COC1CCCC1NC(=O)NCCC(O)C(=O)O. The van der Waals surface area contributed by atoms with Crippen LogP contribution in [-0.2, 0) is 9.53 Å². The quantitative estimate of drug-likeness (QED) is 0.524. The number of carbonyl (C=O) groups is 2. The molecule has 0 spiro atoms. The topological polar surface area (TPSA) is 108 Å². The van der Waals surface area contributed by atoms with Crippen molar-refractivity contribution >= 4 is 12.0 Å². The number of amides is 2. The number of nitrogens with one attached hydrogen (secondary N) is 2. The predicted octanol–water partition coefficient (Wildman–Crippen LogP) is -0.311. The first-order chi connectivity index (χ1) is 8.54. The lowest BCUT2D eigenvalue weighted by Crippen LogP contribution is -2.46. The number of carboxylic acids is 1.